The Morgan fingerprint density at radius 2 is 1.57 bits per heavy atom. The minimum Gasteiger partial charge on any atom is -0.378 e. The maximum absolute atomic E-state index is 2.34. The Kier molecular flexibility index (Phi) is 2.63. The van der Waals surface area contributed by atoms with E-state index in [4.69, 9.17) is 0 Å². The predicted molar refractivity (Wildman–Crippen MR) is 71.0 cm³/mol. The fourth-order valence-electron chi connectivity index (χ4n) is 1.48. The van der Waals surface area contributed by atoms with Crippen LogP contribution in [0.15, 0.2) is 36.4 Å². The number of benzene rings is 2. The largest absolute Gasteiger partial charge is 0.378 e. The molecule has 2 aromatic carbocycles. The highest BCUT2D eigenvalue weighted by atomic mass is 127. The van der Waals surface area contributed by atoms with Crippen LogP contribution in [-0.2, 0) is 0 Å². The van der Waals surface area contributed by atoms with Crippen molar-refractivity contribution >= 4 is 39.1 Å². The smallest absolute Gasteiger partial charge is 0.0367 e. The zero-order valence-corrected chi connectivity index (χ0v) is 10.4. The van der Waals surface area contributed by atoms with Crippen LogP contribution in [0.4, 0.5) is 5.69 Å². The van der Waals surface area contributed by atoms with Gasteiger partial charge in [-0.2, -0.15) is 0 Å². The molecule has 0 unspecified atom stereocenters. The van der Waals surface area contributed by atoms with E-state index in [0.29, 0.717) is 0 Å². The van der Waals surface area contributed by atoms with E-state index >= 15 is 0 Å². The Labute approximate surface area is 97.9 Å². The highest BCUT2D eigenvalue weighted by Gasteiger charge is 1.98. The molecule has 1 nitrogen and oxygen atoms in total. The molecule has 0 bridgehead atoms. The van der Waals surface area contributed by atoms with E-state index in [2.05, 4.69) is 78.0 Å². The van der Waals surface area contributed by atoms with Crippen LogP contribution >= 0.6 is 22.6 Å². The van der Waals surface area contributed by atoms with Crippen molar-refractivity contribution < 1.29 is 0 Å². The zero-order chi connectivity index (χ0) is 10.1. The molecule has 72 valence electrons. The topological polar surface area (TPSA) is 3.24 Å². The van der Waals surface area contributed by atoms with Crippen molar-refractivity contribution in [2.24, 2.45) is 0 Å². The number of halogens is 1. The molecule has 0 atom stereocenters. The Hall–Kier alpha value is -0.770. The van der Waals surface area contributed by atoms with Gasteiger partial charge in [0.15, 0.2) is 0 Å². The first-order chi connectivity index (χ1) is 6.66. The van der Waals surface area contributed by atoms with E-state index in [9.17, 15) is 0 Å². The van der Waals surface area contributed by atoms with Gasteiger partial charge in [0.05, 0.1) is 0 Å². The first-order valence-corrected chi connectivity index (χ1v) is 5.61. The molecule has 0 amide bonds. The zero-order valence-electron chi connectivity index (χ0n) is 8.29. The van der Waals surface area contributed by atoms with Crippen molar-refractivity contribution in [1.82, 2.24) is 0 Å². The van der Waals surface area contributed by atoms with Crippen molar-refractivity contribution in [3.8, 4) is 0 Å². The molecular formula is C12H12IN. The molecule has 0 saturated heterocycles. The normalized spacial score (nSPS) is 10.5. The highest BCUT2D eigenvalue weighted by molar-refractivity contribution is 14.1. The standard InChI is InChI=1S/C12H12IN/c1-14(2)12-6-4-9-7-11(13)5-3-10(9)8-12/h3-8H,1-2H3. The van der Waals surface area contributed by atoms with Gasteiger partial charge in [-0.1, -0.05) is 12.1 Å². The Bertz CT molecular complexity index is 463. The van der Waals surface area contributed by atoms with Crippen LogP contribution in [0.5, 0.6) is 0 Å². The van der Waals surface area contributed by atoms with Gasteiger partial charge in [-0.05, 0) is 57.6 Å². The van der Waals surface area contributed by atoms with Gasteiger partial charge in [0.25, 0.3) is 0 Å². The molecule has 2 rings (SSSR count). The lowest BCUT2D eigenvalue weighted by Crippen LogP contribution is -2.07. The van der Waals surface area contributed by atoms with E-state index < -0.39 is 0 Å². The number of fused-ring (bicyclic) bond motifs is 1. The molecule has 2 aromatic rings. The summed E-state index contributed by atoms with van der Waals surface area (Å²) in [6.07, 6.45) is 0. The number of hydrogen-bond donors (Lipinski definition) is 0. The van der Waals surface area contributed by atoms with Gasteiger partial charge in [0, 0.05) is 23.4 Å². The molecule has 0 aromatic heterocycles. The predicted octanol–water partition coefficient (Wildman–Crippen LogP) is 3.51. The van der Waals surface area contributed by atoms with Gasteiger partial charge in [0.2, 0.25) is 0 Å². The molecule has 0 aliphatic rings. The summed E-state index contributed by atoms with van der Waals surface area (Å²) in [7, 11) is 4.13. The first-order valence-electron chi connectivity index (χ1n) is 4.53. The molecular weight excluding hydrogens is 285 g/mol. The molecule has 2 heteroatoms. The van der Waals surface area contributed by atoms with Crippen LogP contribution in [0, 0.1) is 3.57 Å². The summed E-state index contributed by atoms with van der Waals surface area (Å²) in [5, 5.41) is 2.61. The third-order valence-corrected chi connectivity index (χ3v) is 2.97. The van der Waals surface area contributed by atoms with Crippen LogP contribution in [0.1, 0.15) is 0 Å². The maximum Gasteiger partial charge on any atom is 0.0367 e. The van der Waals surface area contributed by atoms with E-state index in [1.807, 2.05) is 0 Å². The van der Waals surface area contributed by atoms with E-state index in [0.717, 1.165) is 0 Å². The summed E-state index contributed by atoms with van der Waals surface area (Å²) in [4.78, 5) is 2.12. The van der Waals surface area contributed by atoms with Crippen LogP contribution in [0.3, 0.4) is 0 Å². The molecule has 0 saturated carbocycles. The van der Waals surface area contributed by atoms with Gasteiger partial charge >= 0.3 is 0 Å². The van der Waals surface area contributed by atoms with Crippen molar-refractivity contribution in [3.63, 3.8) is 0 Å². The molecule has 0 N–H and O–H groups in total. The third kappa shape index (κ3) is 1.85. The number of anilines is 1. The molecule has 0 aliphatic heterocycles. The highest BCUT2D eigenvalue weighted by Crippen LogP contribution is 2.22. The molecule has 0 radical (unpaired) electrons. The lowest BCUT2D eigenvalue weighted by atomic mass is 10.1. The quantitative estimate of drug-likeness (QED) is 0.728. The van der Waals surface area contributed by atoms with E-state index in [1.54, 1.807) is 0 Å². The van der Waals surface area contributed by atoms with Gasteiger partial charge in [-0.25, -0.2) is 0 Å². The third-order valence-electron chi connectivity index (χ3n) is 2.30. The number of rotatable bonds is 1. The van der Waals surface area contributed by atoms with Crippen LogP contribution in [-0.4, -0.2) is 14.1 Å². The molecule has 0 fully saturated rings. The lowest BCUT2D eigenvalue weighted by molar-refractivity contribution is 1.14. The van der Waals surface area contributed by atoms with Crippen LogP contribution in [0.2, 0.25) is 0 Å². The Morgan fingerprint density at radius 1 is 0.929 bits per heavy atom. The molecule has 0 aliphatic carbocycles. The monoisotopic (exact) mass is 297 g/mol. The fourth-order valence-corrected chi connectivity index (χ4v) is 2.00. The summed E-state index contributed by atoms with van der Waals surface area (Å²) in [5.74, 6) is 0. The van der Waals surface area contributed by atoms with Gasteiger partial charge in [0.1, 0.15) is 0 Å². The average molecular weight is 297 g/mol. The fraction of sp³-hybridized carbons (Fsp3) is 0.167. The number of hydrogen-bond acceptors (Lipinski definition) is 1. The second-order valence-electron chi connectivity index (χ2n) is 3.57. The summed E-state index contributed by atoms with van der Waals surface area (Å²) in [6.45, 7) is 0. The van der Waals surface area contributed by atoms with Crippen LogP contribution in [0.25, 0.3) is 10.8 Å². The minimum atomic E-state index is 1.25. The SMILES string of the molecule is CN(C)c1ccc2cc(I)ccc2c1. The molecule has 0 heterocycles. The second kappa shape index (κ2) is 3.77. The Morgan fingerprint density at radius 3 is 2.29 bits per heavy atom. The summed E-state index contributed by atoms with van der Waals surface area (Å²) in [5.41, 5.74) is 1.25. The summed E-state index contributed by atoms with van der Waals surface area (Å²) >= 11 is 2.34. The first kappa shape index (κ1) is 9.77. The average Bonchev–Trinajstić information content (AvgIpc) is 2.16. The van der Waals surface area contributed by atoms with Gasteiger partial charge in [-0.3, -0.25) is 0 Å². The summed E-state index contributed by atoms with van der Waals surface area (Å²) < 4.78 is 1.28. The van der Waals surface area contributed by atoms with Crippen molar-refractivity contribution in [2.75, 3.05) is 19.0 Å². The molecule has 0 spiro atoms. The lowest BCUT2D eigenvalue weighted by Gasteiger charge is -2.12. The van der Waals surface area contributed by atoms with E-state index in [1.165, 1.54) is 20.0 Å². The van der Waals surface area contributed by atoms with Gasteiger partial charge < -0.3 is 4.90 Å². The second-order valence-corrected chi connectivity index (χ2v) is 4.82. The van der Waals surface area contributed by atoms with Crippen molar-refractivity contribution in [2.45, 2.75) is 0 Å². The van der Waals surface area contributed by atoms with Crippen molar-refractivity contribution in [1.29, 1.82) is 0 Å². The molecule has 14 heavy (non-hydrogen) atoms. The minimum absolute atomic E-state index is 1.25. The number of nitrogens with zero attached hydrogens (tertiary/aromatic N) is 1. The Balaban J connectivity index is 2.62. The van der Waals surface area contributed by atoms with Crippen LogP contribution < -0.4 is 4.90 Å². The van der Waals surface area contributed by atoms with E-state index in [-0.39, 0.29) is 0 Å². The van der Waals surface area contributed by atoms with Gasteiger partial charge in [-0.15, -0.1) is 0 Å². The van der Waals surface area contributed by atoms with Crippen molar-refractivity contribution in [3.05, 3.63) is 40.0 Å². The maximum atomic E-state index is 2.34. The summed E-state index contributed by atoms with van der Waals surface area (Å²) in [6, 6.07) is 13.1.